The smallest absolute Gasteiger partial charge is 0.106 e. The normalized spacial score (nSPS) is 54.9. The SMILES string of the molecule is CCCC(C)C1CCC2C3C(C)CC4CCCCC4(C)C3CC(F)C12C. The van der Waals surface area contributed by atoms with Crippen molar-refractivity contribution in [2.24, 2.45) is 52.3 Å². The van der Waals surface area contributed by atoms with Gasteiger partial charge in [0.15, 0.2) is 0 Å². The van der Waals surface area contributed by atoms with Gasteiger partial charge in [-0.1, -0.05) is 60.3 Å². The highest BCUT2D eigenvalue weighted by atomic mass is 19.1. The zero-order valence-electron chi connectivity index (χ0n) is 18.1. The van der Waals surface area contributed by atoms with Crippen LogP contribution in [0, 0.1) is 52.3 Å². The molecule has 0 spiro atoms. The molecule has 0 nitrogen and oxygen atoms in total. The molecule has 0 amide bonds. The van der Waals surface area contributed by atoms with E-state index in [1.54, 1.807) is 0 Å². The third-order valence-corrected chi connectivity index (χ3v) is 10.5. The van der Waals surface area contributed by atoms with E-state index >= 15 is 4.39 Å². The summed E-state index contributed by atoms with van der Waals surface area (Å²) in [5.41, 5.74) is 0.399. The first-order valence-electron chi connectivity index (χ1n) is 12.0. The zero-order valence-corrected chi connectivity index (χ0v) is 18.1. The molecule has 0 aromatic heterocycles. The van der Waals surface area contributed by atoms with E-state index in [0.717, 1.165) is 24.2 Å². The summed E-state index contributed by atoms with van der Waals surface area (Å²) in [6.45, 7) is 12.2. The van der Waals surface area contributed by atoms with Crippen molar-refractivity contribution in [3.63, 3.8) is 0 Å². The van der Waals surface area contributed by atoms with Crippen molar-refractivity contribution in [1.82, 2.24) is 0 Å². The van der Waals surface area contributed by atoms with Gasteiger partial charge in [-0.25, -0.2) is 4.39 Å². The molecule has 0 bridgehead atoms. The van der Waals surface area contributed by atoms with Crippen LogP contribution in [0.4, 0.5) is 4.39 Å². The lowest BCUT2D eigenvalue weighted by Crippen LogP contribution is -2.59. The minimum atomic E-state index is -0.565. The van der Waals surface area contributed by atoms with Crippen LogP contribution in [0.5, 0.6) is 0 Å². The Morgan fingerprint density at radius 1 is 1.04 bits per heavy atom. The topological polar surface area (TPSA) is 0 Å². The number of rotatable bonds is 3. The predicted molar refractivity (Wildman–Crippen MR) is 109 cm³/mol. The highest BCUT2D eigenvalue weighted by Gasteiger charge is 2.65. The van der Waals surface area contributed by atoms with E-state index in [0.29, 0.717) is 29.1 Å². The van der Waals surface area contributed by atoms with Crippen LogP contribution in [-0.4, -0.2) is 6.17 Å². The maximum absolute atomic E-state index is 16.0. The van der Waals surface area contributed by atoms with E-state index in [9.17, 15) is 0 Å². The summed E-state index contributed by atoms with van der Waals surface area (Å²) in [4.78, 5) is 0. The van der Waals surface area contributed by atoms with Gasteiger partial charge in [-0.05, 0) is 85.4 Å². The Hall–Kier alpha value is -0.0700. The fraction of sp³-hybridized carbons (Fsp3) is 1.00. The Kier molecular flexibility index (Phi) is 5.01. The number of alkyl halides is 1. The van der Waals surface area contributed by atoms with E-state index in [-0.39, 0.29) is 5.41 Å². The first-order valence-corrected chi connectivity index (χ1v) is 12.0. The summed E-state index contributed by atoms with van der Waals surface area (Å²) >= 11 is 0. The lowest BCUT2D eigenvalue weighted by atomic mass is 9.42. The van der Waals surface area contributed by atoms with Gasteiger partial charge >= 0.3 is 0 Å². The van der Waals surface area contributed by atoms with E-state index in [1.807, 2.05) is 0 Å². The molecule has 1 heteroatoms. The fourth-order valence-electron chi connectivity index (χ4n) is 9.21. The summed E-state index contributed by atoms with van der Waals surface area (Å²) < 4.78 is 16.0. The summed E-state index contributed by atoms with van der Waals surface area (Å²) in [5.74, 6) is 5.10. The summed E-state index contributed by atoms with van der Waals surface area (Å²) in [6.07, 6.45) is 12.5. The highest BCUT2D eigenvalue weighted by molar-refractivity contribution is 5.13. The second-order valence-electron chi connectivity index (χ2n) is 11.5. The second kappa shape index (κ2) is 6.77. The van der Waals surface area contributed by atoms with Gasteiger partial charge < -0.3 is 0 Å². The molecule has 4 saturated carbocycles. The fourth-order valence-corrected chi connectivity index (χ4v) is 9.21. The molecule has 0 heterocycles. The first kappa shape index (κ1) is 19.3. The number of hydrogen-bond acceptors (Lipinski definition) is 0. The molecule has 4 aliphatic rings. The van der Waals surface area contributed by atoms with E-state index in [4.69, 9.17) is 0 Å². The summed E-state index contributed by atoms with van der Waals surface area (Å²) in [6, 6.07) is 0. The summed E-state index contributed by atoms with van der Waals surface area (Å²) in [7, 11) is 0. The minimum Gasteiger partial charge on any atom is -0.247 e. The van der Waals surface area contributed by atoms with Crippen LogP contribution in [0.1, 0.15) is 98.8 Å². The number of halogens is 1. The van der Waals surface area contributed by atoms with Crippen molar-refractivity contribution in [2.45, 2.75) is 105 Å². The second-order valence-corrected chi connectivity index (χ2v) is 11.5. The Labute approximate surface area is 162 Å². The van der Waals surface area contributed by atoms with Crippen molar-refractivity contribution in [2.75, 3.05) is 0 Å². The van der Waals surface area contributed by atoms with Gasteiger partial charge in [-0.3, -0.25) is 0 Å². The lowest BCUT2D eigenvalue weighted by molar-refractivity contribution is -0.166. The predicted octanol–water partition coefficient (Wildman–Crippen LogP) is 7.67. The number of fused-ring (bicyclic) bond motifs is 5. The third-order valence-electron chi connectivity index (χ3n) is 10.5. The van der Waals surface area contributed by atoms with Crippen LogP contribution >= 0.6 is 0 Å². The molecule has 10 atom stereocenters. The molecule has 0 aromatic carbocycles. The lowest BCUT2D eigenvalue weighted by Gasteiger charge is -2.63. The molecule has 0 aliphatic heterocycles. The van der Waals surface area contributed by atoms with E-state index in [2.05, 4.69) is 34.6 Å². The van der Waals surface area contributed by atoms with Crippen molar-refractivity contribution in [1.29, 1.82) is 0 Å². The Bertz CT molecular complexity index is 514. The summed E-state index contributed by atoms with van der Waals surface area (Å²) in [5, 5.41) is 0. The molecule has 26 heavy (non-hydrogen) atoms. The van der Waals surface area contributed by atoms with Gasteiger partial charge in [0, 0.05) is 5.41 Å². The minimum absolute atomic E-state index is 0.0398. The van der Waals surface area contributed by atoms with E-state index < -0.39 is 6.17 Å². The van der Waals surface area contributed by atoms with Crippen LogP contribution < -0.4 is 0 Å². The van der Waals surface area contributed by atoms with Crippen molar-refractivity contribution in [3.8, 4) is 0 Å². The number of hydrogen-bond donors (Lipinski definition) is 0. The molecule has 4 aliphatic carbocycles. The quantitative estimate of drug-likeness (QED) is 0.483. The highest BCUT2D eigenvalue weighted by Crippen LogP contribution is 2.70. The van der Waals surface area contributed by atoms with Crippen molar-refractivity contribution >= 4 is 0 Å². The van der Waals surface area contributed by atoms with Gasteiger partial charge in [0.05, 0.1) is 0 Å². The molecular weight excluding hydrogens is 319 g/mol. The molecule has 0 N–H and O–H groups in total. The third kappa shape index (κ3) is 2.57. The van der Waals surface area contributed by atoms with Gasteiger partial charge in [-0.15, -0.1) is 0 Å². The maximum Gasteiger partial charge on any atom is 0.106 e. The van der Waals surface area contributed by atoms with Crippen LogP contribution in [-0.2, 0) is 0 Å². The standard InChI is InChI=1S/C25H43F/c1-6-9-16(2)19-11-12-20-23-17(3)14-18-10-7-8-13-24(18,4)21(23)15-22(26)25(19,20)5/h16-23H,6-15H2,1-5H3. The van der Waals surface area contributed by atoms with Gasteiger partial charge in [0.25, 0.3) is 0 Å². The molecule has 4 rings (SSSR count). The Morgan fingerprint density at radius 3 is 2.54 bits per heavy atom. The van der Waals surface area contributed by atoms with Crippen LogP contribution in [0.2, 0.25) is 0 Å². The average molecular weight is 363 g/mol. The zero-order chi connectivity index (χ0) is 18.7. The monoisotopic (exact) mass is 362 g/mol. The maximum atomic E-state index is 16.0. The van der Waals surface area contributed by atoms with Gasteiger partial charge in [0.1, 0.15) is 6.17 Å². The molecule has 0 radical (unpaired) electrons. The molecule has 0 aromatic rings. The van der Waals surface area contributed by atoms with Crippen LogP contribution in [0.25, 0.3) is 0 Å². The molecule has 0 saturated heterocycles. The van der Waals surface area contributed by atoms with Gasteiger partial charge in [0.2, 0.25) is 0 Å². The van der Waals surface area contributed by atoms with Crippen molar-refractivity contribution < 1.29 is 4.39 Å². The van der Waals surface area contributed by atoms with Crippen LogP contribution in [0.15, 0.2) is 0 Å². The molecular formula is C25H43F. The van der Waals surface area contributed by atoms with Crippen molar-refractivity contribution in [3.05, 3.63) is 0 Å². The Morgan fingerprint density at radius 2 is 1.81 bits per heavy atom. The molecule has 150 valence electrons. The van der Waals surface area contributed by atoms with Crippen LogP contribution in [0.3, 0.4) is 0 Å². The van der Waals surface area contributed by atoms with E-state index in [1.165, 1.54) is 57.8 Å². The Balaban J connectivity index is 1.67. The molecule has 10 unspecified atom stereocenters. The average Bonchev–Trinajstić information content (AvgIpc) is 2.95. The van der Waals surface area contributed by atoms with Gasteiger partial charge in [-0.2, -0.15) is 0 Å². The first-order chi connectivity index (χ1) is 12.3. The molecule has 4 fully saturated rings. The largest absolute Gasteiger partial charge is 0.247 e.